The van der Waals surface area contributed by atoms with Crippen molar-refractivity contribution in [3.8, 4) is 0 Å². The zero-order chi connectivity index (χ0) is 19.5. The van der Waals surface area contributed by atoms with Gasteiger partial charge in [-0.15, -0.1) is 0 Å². The Morgan fingerprint density at radius 3 is 2.39 bits per heavy atom. The molecule has 0 unspecified atom stereocenters. The molecule has 0 bridgehead atoms. The van der Waals surface area contributed by atoms with Gasteiger partial charge >= 0.3 is 0 Å². The maximum atomic E-state index is 11.2. The highest BCUT2D eigenvalue weighted by Gasteiger charge is 2.18. The van der Waals surface area contributed by atoms with Crippen LogP contribution >= 0.6 is 0 Å². The molecule has 0 amide bonds. The third kappa shape index (κ3) is 3.88. The van der Waals surface area contributed by atoms with Crippen LogP contribution in [0.25, 0.3) is 0 Å². The van der Waals surface area contributed by atoms with Crippen LogP contribution in [0.2, 0.25) is 0 Å². The average Bonchev–Trinajstić information content (AvgIpc) is 2.88. The van der Waals surface area contributed by atoms with Gasteiger partial charge in [0.1, 0.15) is 0 Å². The van der Waals surface area contributed by atoms with Crippen LogP contribution in [0, 0.1) is 17.0 Å². The molecular weight excluding hydrogens is 350 g/mol. The fourth-order valence-electron chi connectivity index (χ4n) is 3.24. The van der Waals surface area contributed by atoms with Gasteiger partial charge in [-0.25, -0.2) is 0 Å². The molecule has 1 aliphatic heterocycles. The summed E-state index contributed by atoms with van der Waals surface area (Å²) < 4.78 is 0. The SMILES string of the molecule is Cc1ccc(CC2=Nc3cc([N+](=O)[O-])ccc3N=C(c3ccccc3)C2)cc1. The Balaban J connectivity index is 1.79. The maximum Gasteiger partial charge on any atom is 0.271 e. The molecule has 3 aromatic carbocycles. The number of nitro groups is 1. The molecule has 0 fully saturated rings. The average molecular weight is 369 g/mol. The lowest BCUT2D eigenvalue weighted by Crippen LogP contribution is -2.11. The van der Waals surface area contributed by atoms with E-state index in [1.165, 1.54) is 17.7 Å². The number of rotatable bonds is 4. The minimum absolute atomic E-state index is 0.0237. The minimum atomic E-state index is -0.401. The van der Waals surface area contributed by atoms with Gasteiger partial charge in [0.05, 0.1) is 22.0 Å². The lowest BCUT2D eigenvalue weighted by Gasteiger charge is -2.08. The predicted molar refractivity (Wildman–Crippen MR) is 112 cm³/mol. The molecule has 28 heavy (non-hydrogen) atoms. The summed E-state index contributed by atoms with van der Waals surface area (Å²) in [5.41, 5.74) is 6.47. The fraction of sp³-hybridized carbons (Fsp3) is 0.130. The standard InChI is InChI=1S/C23H19N3O2/c1-16-7-9-17(10-8-16)13-19-14-22(18-5-3-2-4-6-18)25-21-12-11-20(26(27)28)15-23(21)24-19/h2-12,15H,13-14H2,1H3. The summed E-state index contributed by atoms with van der Waals surface area (Å²) in [6, 6.07) is 23.0. The molecule has 0 N–H and O–H groups in total. The summed E-state index contributed by atoms with van der Waals surface area (Å²) in [4.78, 5) is 20.4. The van der Waals surface area contributed by atoms with Crippen LogP contribution in [0.3, 0.4) is 0 Å². The van der Waals surface area contributed by atoms with Crippen molar-refractivity contribution < 1.29 is 4.92 Å². The number of fused-ring (bicyclic) bond motifs is 1. The molecule has 0 spiro atoms. The molecule has 1 heterocycles. The summed E-state index contributed by atoms with van der Waals surface area (Å²) in [5, 5.41) is 11.2. The molecule has 5 nitrogen and oxygen atoms in total. The second-order valence-electron chi connectivity index (χ2n) is 6.87. The van der Waals surface area contributed by atoms with Crippen molar-refractivity contribution in [3.63, 3.8) is 0 Å². The summed E-state index contributed by atoms with van der Waals surface area (Å²) in [6.45, 7) is 2.06. The first kappa shape index (κ1) is 17.8. The Kier molecular flexibility index (Phi) is 4.81. The highest BCUT2D eigenvalue weighted by Crippen LogP contribution is 2.35. The van der Waals surface area contributed by atoms with Crippen LogP contribution in [0.4, 0.5) is 17.1 Å². The van der Waals surface area contributed by atoms with E-state index in [9.17, 15) is 10.1 Å². The largest absolute Gasteiger partial charge is 0.271 e. The molecule has 138 valence electrons. The Bertz CT molecular complexity index is 1080. The summed E-state index contributed by atoms with van der Waals surface area (Å²) in [5.74, 6) is 0. The van der Waals surface area contributed by atoms with Gasteiger partial charge in [-0.05, 0) is 24.1 Å². The van der Waals surface area contributed by atoms with Crippen molar-refractivity contribution in [1.29, 1.82) is 0 Å². The van der Waals surface area contributed by atoms with Crippen LogP contribution in [0.15, 0.2) is 82.8 Å². The van der Waals surface area contributed by atoms with Crippen molar-refractivity contribution in [2.24, 2.45) is 9.98 Å². The molecule has 5 heteroatoms. The van der Waals surface area contributed by atoms with Crippen molar-refractivity contribution in [2.75, 3.05) is 0 Å². The van der Waals surface area contributed by atoms with E-state index < -0.39 is 4.92 Å². The second-order valence-corrected chi connectivity index (χ2v) is 6.87. The van der Waals surface area contributed by atoms with Gasteiger partial charge in [-0.3, -0.25) is 20.1 Å². The number of hydrogen-bond donors (Lipinski definition) is 0. The highest BCUT2D eigenvalue weighted by molar-refractivity contribution is 6.15. The number of nitro benzene ring substituents is 1. The van der Waals surface area contributed by atoms with Crippen molar-refractivity contribution in [2.45, 2.75) is 19.8 Å². The molecule has 0 aromatic heterocycles. The van der Waals surface area contributed by atoms with E-state index in [2.05, 4.69) is 31.2 Å². The number of benzene rings is 3. The first-order valence-electron chi connectivity index (χ1n) is 9.12. The number of hydrogen-bond acceptors (Lipinski definition) is 4. The summed E-state index contributed by atoms with van der Waals surface area (Å²) >= 11 is 0. The second kappa shape index (κ2) is 7.56. The smallest absolute Gasteiger partial charge is 0.258 e. The lowest BCUT2D eigenvalue weighted by atomic mass is 9.99. The van der Waals surface area contributed by atoms with Crippen LogP contribution < -0.4 is 0 Å². The zero-order valence-corrected chi connectivity index (χ0v) is 15.5. The van der Waals surface area contributed by atoms with Crippen molar-refractivity contribution in [3.05, 3.63) is 99.6 Å². The van der Waals surface area contributed by atoms with Crippen LogP contribution in [0.5, 0.6) is 0 Å². The van der Waals surface area contributed by atoms with Crippen LogP contribution in [-0.2, 0) is 6.42 Å². The van der Waals surface area contributed by atoms with Gasteiger partial charge in [0, 0.05) is 30.7 Å². The molecule has 3 aromatic rings. The van der Waals surface area contributed by atoms with E-state index in [4.69, 9.17) is 9.98 Å². The maximum absolute atomic E-state index is 11.2. The molecule has 0 saturated carbocycles. The lowest BCUT2D eigenvalue weighted by molar-refractivity contribution is -0.384. The van der Waals surface area contributed by atoms with E-state index in [0.29, 0.717) is 24.2 Å². The van der Waals surface area contributed by atoms with Crippen LogP contribution in [0.1, 0.15) is 23.1 Å². The van der Waals surface area contributed by atoms with E-state index in [1.54, 1.807) is 6.07 Å². The molecule has 0 atom stereocenters. The van der Waals surface area contributed by atoms with Crippen LogP contribution in [-0.4, -0.2) is 16.3 Å². The van der Waals surface area contributed by atoms with E-state index in [0.717, 1.165) is 22.6 Å². The Morgan fingerprint density at radius 2 is 1.68 bits per heavy atom. The molecule has 0 aliphatic carbocycles. The molecule has 0 saturated heterocycles. The van der Waals surface area contributed by atoms with Gasteiger partial charge < -0.3 is 0 Å². The molecule has 0 radical (unpaired) electrons. The topological polar surface area (TPSA) is 67.9 Å². The van der Waals surface area contributed by atoms with Crippen molar-refractivity contribution >= 4 is 28.5 Å². The van der Waals surface area contributed by atoms with Gasteiger partial charge in [0.15, 0.2) is 0 Å². The molecule has 4 rings (SSSR count). The van der Waals surface area contributed by atoms with E-state index in [-0.39, 0.29) is 5.69 Å². The third-order valence-electron chi connectivity index (χ3n) is 4.71. The van der Waals surface area contributed by atoms with Gasteiger partial charge in [-0.2, -0.15) is 0 Å². The monoisotopic (exact) mass is 369 g/mol. The number of nitrogens with zero attached hydrogens (tertiary/aromatic N) is 3. The molecular formula is C23H19N3O2. The Hall–Kier alpha value is -3.60. The zero-order valence-electron chi connectivity index (χ0n) is 15.5. The number of aryl methyl sites for hydroxylation is 1. The predicted octanol–water partition coefficient (Wildman–Crippen LogP) is 5.74. The fourth-order valence-corrected chi connectivity index (χ4v) is 3.24. The Labute approximate surface area is 163 Å². The first-order chi connectivity index (χ1) is 13.6. The highest BCUT2D eigenvalue weighted by atomic mass is 16.6. The Morgan fingerprint density at radius 1 is 0.929 bits per heavy atom. The third-order valence-corrected chi connectivity index (χ3v) is 4.71. The van der Waals surface area contributed by atoms with Crippen molar-refractivity contribution in [1.82, 2.24) is 0 Å². The first-order valence-corrected chi connectivity index (χ1v) is 9.12. The summed E-state index contributed by atoms with van der Waals surface area (Å²) in [7, 11) is 0. The minimum Gasteiger partial charge on any atom is -0.258 e. The number of aliphatic imine (C=N–C) groups is 2. The number of non-ortho nitro benzene ring substituents is 1. The normalized spacial score (nSPS) is 13.2. The van der Waals surface area contributed by atoms with E-state index >= 15 is 0 Å². The van der Waals surface area contributed by atoms with E-state index in [1.807, 2.05) is 30.3 Å². The van der Waals surface area contributed by atoms with Gasteiger partial charge in [0.25, 0.3) is 5.69 Å². The summed E-state index contributed by atoms with van der Waals surface area (Å²) in [6.07, 6.45) is 1.27. The van der Waals surface area contributed by atoms with Gasteiger partial charge in [-0.1, -0.05) is 60.2 Å². The quantitative estimate of drug-likeness (QED) is 0.434. The van der Waals surface area contributed by atoms with Gasteiger partial charge in [0.2, 0.25) is 0 Å². The molecule has 1 aliphatic rings.